The van der Waals surface area contributed by atoms with E-state index >= 15 is 0 Å². The second-order valence-electron chi connectivity index (χ2n) is 3.95. The van der Waals surface area contributed by atoms with Crippen molar-refractivity contribution in [2.24, 2.45) is 5.92 Å². The summed E-state index contributed by atoms with van der Waals surface area (Å²) in [6, 6.07) is 2.80. The lowest BCUT2D eigenvalue weighted by atomic mass is 9.96. The summed E-state index contributed by atoms with van der Waals surface area (Å²) in [7, 11) is 0. The van der Waals surface area contributed by atoms with Gasteiger partial charge in [0.15, 0.2) is 0 Å². The fourth-order valence-corrected chi connectivity index (χ4v) is 2.13. The number of likely N-dealkylation sites (tertiary alicyclic amines) is 1. The van der Waals surface area contributed by atoms with E-state index < -0.39 is 0 Å². The molecule has 0 aromatic carbocycles. The molecule has 3 nitrogen and oxygen atoms in total. The molecular formula is C10H19N3. The minimum atomic E-state index is 0.576. The van der Waals surface area contributed by atoms with E-state index in [1.54, 1.807) is 0 Å². The number of nitriles is 1. The number of hydrogen-bond acceptors (Lipinski definition) is 3. The van der Waals surface area contributed by atoms with Crippen molar-refractivity contribution in [3.63, 3.8) is 0 Å². The van der Waals surface area contributed by atoms with Crippen LogP contribution in [0.1, 0.15) is 20.3 Å². The summed E-state index contributed by atoms with van der Waals surface area (Å²) in [6.45, 7) is 8.10. The molecule has 1 N–H and O–H groups in total. The first-order valence-electron chi connectivity index (χ1n) is 5.09. The lowest BCUT2D eigenvalue weighted by molar-refractivity contribution is 0.166. The Balaban J connectivity index is 2.38. The number of rotatable bonds is 3. The highest BCUT2D eigenvalue weighted by Gasteiger charge is 2.23. The monoisotopic (exact) mass is 181 g/mol. The van der Waals surface area contributed by atoms with Gasteiger partial charge in [0, 0.05) is 19.1 Å². The molecule has 2 atom stereocenters. The van der Waals surface area contributed by atoms with Gasteiger partial charge in [0.1, 0.15) is 0 Å². The largest absolute Gasteiger partial charge is 0.313 e. The Morgan fingerprint density at radius 3 is 2.92 bits per heavy atom. The molecule has 1 heterocycles. The van der Waals surface area contributed by atoms with Crippen LogP contribution >= 0.6 is 0 Å². The summed E-state index contributed by atoms with van der Waals surface area (Å²) >= 11 is 0. The third kappa shape index (κ3) is 3.33. The zero-order valence-corrected chi connectivity index (χ0v) is 8.58. The van der Waals surface area contributed by atoms with Crippen molar-refractivity contribution in [3.05, 3.63) is 0 Å². The second kappa shape index (κ2) is 5.21. The van der Waals surface area contributed by atoms with Crippen LogP contribution in [0.4, 0.5) is 0 Å². The highest BCUT2D eigenvalue weighted by molar-refractivity contribution is 4.86. The maximum absolute atomic E-state index is 8.61. The van der Waals surface area contributed by atoms with Crippen molar-refractivity contribution < 1.29 is 0 Å². The average Bonchev–Trinajstić information content (AvgIpc) is 2.04. The summed E-state index contributed by atoms with van der Waals surface area (Å²) < 4.78 is 0. The van der Waals surface area contributed by atoms with Crippen LogP contribution in [0.15, 0.2) is 0 Å². The molecule has 0 amide bonds. The standard InChI is InChI=1S/C10H19N3/c1-3-12-10-6-9(2)7-13(8-10)5-4-11/h9-10,12H,3,5-8H2,1-2H3. The molecule has 1 saturated heterocycles. The maximum Gasteiger partial charge on any atom is 0.0866 e. The van der Waals surface area contributed by atoms with Gasteiger partial charge in [-0.15, -0.1) is 0 Å². The molecule has 1 fully saturated rings. The summed E-state index contributed by atoms with van der Waals surface area (Å²) in [4.78, 5) is 2.24. The van der Waals surface area contributed by atoms with Gasteiger partial charge < -0.3 is 5.32 Å². The highest BCUT2D eigenvalue weighted by Crippen LogP contribution is 2.15. The third-order valence-electron chi connectivity index (χ3n) is 2.52. The van der Waals surface area contributed by atoms with Gasteiger partial charge >= 0.3 is 0 Å². The van der Waals surface area contributed by atoms with E-state index in [9.17, 15) is 0 Å². The van der Waals surface area contributed by atoms with Crippen LogP contribution in [0.2, 0.25) is 0 Å². The van der Waals surface area contributed by atoms with Crippen LogP contribution in [0.3, 0.4) is 0 Å². The summed E-state index contributed by atoms with van der Waals surface area (Å²) in [5.74, 6) is 0.714. The molecule has 1 aliphatic heterocycles. The number of nitrogens with zero attached hydrogens (tertiary/aromatic N) is 2. The molecule has 0 bridgehead atoms. The van der Waals surface area contributed by atoms with Crippen molar-refractivity contribution in [1.29, 1.82) is 5.26 Å². The molecule has 0 saturated carbocycles. The molecule has 3 heteroatoms. The lowest BCUT2D eigenvalue weighted by Crippen LogP contribution is -2.48. The van der Waals surface area contributed by atoms with E-state index in [-0.39, 0.29) is 0 Å². The number of likely N-dealkylation sites (N-methyl/N-ethyl adjacent to an activating group) is 1. The van der Waals surface area contributed by atoms with Gasteiger partial charge in [-0.1, -0.05) is 13.8 Å². The molecule has 2 unspecified atom stereocenters. The van der Waals surface area contributed by atoms with E-state index in [2.05, 4.69) is 30.1 Å². The zero-order chi connectivity index (χ0) is 9.68. The van der Waals surface area contributed by atoms with Crippen molar-refractivity contribution in [2.45, 2.75) is 26.3 Å². The Kier molecular flexibility index (Phi) is 4.20. The Labute approximate surface area is 80.7 Å². The first-order chi connectivity index (χ1) is 6.26. The molecule has 1 aliphatic rings. The van der Waals surface area contributed by atoms with Crippen LogP contribution in [-0.4, -0.2) is 37.1 Å². The van der Waals surface area contributed by atoms with E-state index in [1.165, 1.54) is 6.42 Å². The first kappa shape index (κ1) is 10.5. The fraction of sp³-hybridized carbons (Fsp3) is 0.900. The SMILES string of the molecule is CCNC1CC(C)CN(CC#N)C1. The van der Waals surface area contributed by atoms with E-state index in [0.29, 0.717) is 18.5 Å². The molecule has 0 spiro atoms. The molecule has 0 aromatic rings. The van der Waals surface area contributed by atoms with Crippen LogP contribution in [0.25, 0.3) is 0 Å². The van der Waals surface area contributed by atoms with Crippen molar-refractivity contribution in [3.8, 4) is 6.07 Å². The summed E-state index contributed by atoms with van der Waals surface area (Å²) in [5, 5.41) is 12.1. The second-order valence-corrected chi connectivity index (χ2v) is 3.95. The summed E-state index contributed by atoms with van der Waals surface area (Å²) in [6.07, 6.45) is 1.25. The van der Waals surface area contributed by atoms with Gasteiger partial charge in [-0.3, -0.25) is 4.90 Å². The number of hydrogen-bond donors (Lipinski definition) is 1. The Hall–Kier alpha value is -0.590. The molecule has 0 radical (unpaired) electrons. The van der Waals surface area contributed by atoms with Crippen LogP contribution in [-0.2, 0) is 0 Å². The van der Waals surface area contributed by atoms with E-state index in [0.717, 1.165) is 19.6 Å². The number of nitrogens with one attached hydrogen (secondary N) is 1. The van der Waals surface area contributed by atoms with Crippen molar-refractivity contribution >= 4 is 0 Å². The topological polar surface area (TPSA) is 39.1 Å². The van der Waals surface area contributed by atoms with Crippen LogP contribution in [0.5, 0.6) is 0 Å². The molecule has 74 valence electrons. The highest BCUT2D eigenvalue weighted by atomic mass is 15.2. The zero-order valence-electron chi connectivity index (χ0n) is 8.58. The first-order valence-corrected chi connectivity index (χ1v) is 5.09. The molecule has 13 heavy (non-hydrogen) atoms. The van der Waals surface area contributed by atoms with Gasteiger partial charge in [-0.25, -0.2) is 0 Å². The predicted molar refractivity (Wildman–Crippen MR) is 53.3 cm³/mol. The van der Waals surface area contributed by atoms with Gasteiger partial charge in [-0.05, 0) is 18.9 Å². The maximum atomic E-state index is 8.61. The lowest BCUT2D eigenvalue weighted by Gasteiger charge is -2.35. The quantitative estimate of drug-likeness (QED) is 0.655. The normalized spacial score (nSPS) is 29.9. The minimum absolute atomic E-state index is 0.576. The van der Waals surface area contributed by atoms with Crippen LogP contribution < -0.4 is 5.32 Å². The van der Waals surface area contributed by atoms with Crippen molar-refractivity contribution in [1.82, 2.24) is 10.2 Å². The smallest absolute Gasteiger partial charge is 0.0866 e. The summed E-state index contributed by atoms with van der Waals surface area (Å²) in [5.41, 5.74) is 0. The van der Waals surface area contributed by atoms with E-state index in [4.69, 9.17) is 5.26 Å². The average molecular weight is 181 g/mol. The molecule has 1 rings (SSSR count). The fourth-order valence-electron chi connectivity index (χ4n) is 2.13. The Morgan fingerprint density at radius 1 is 1.54 bits per heavy atom. The van der Waals surface area contributed by atoms with E-state index in [1.807, 2.05) is 0 Å². The molecule has 0 aliphatic carbocycles. The van der Waals surface area contributed by atoms with Gasteiger partial charge in [0.2, 0.25) is 0 Å². The minimum Gasteiger partial charge on any atom is -0.313 e. The van der Waals surface area contributed by atoms with Crippen molar-refractivity contribution in [2.75, 3.05) is 26.2 Å². The Bertz CT molecular complexity index is 185. The Morgan fingerprint density at radius 2 is 2.31 bits per heavy atom. The van der Waals surface area contributed by atoms with Gasteiger partial charge in [-0.2, -0.15) is 5.26 Å². The predicted octanol–water partition coefficient (Wildman–Crippen LogP) is 0.830. The van der Waals surface area contributed by atoms with Crippen LogP contribution in [0, 0.1) is 17.2 Å². The van der Waals surface area contributed by atoms with Gasteiger partial charge in [0.05, 0.1) is 12.6 Å². The number of piperidine rings is 1. The van der Waals surface area contributed by atoms with Gasteiger partial charge in [0.25, 0.3) is 0 Å². The molecular weight excluding hydrogens is 162 g/mol. The third-order valence-corrected chi connectivity index (χ3v) is 2.52. The molecule has 0 aromatic heterocycles.